The highest BCUT2D eigenvalue weighted by atomic mass is 16.5. The van der Waals surface area contributed by atoms with Gasteiger partial charge in [0.2, 0.25) is 0 Å². The quantitative estimate of drug-likeness (QED) is 0.477. The standard InChI is InChI=1S/C21H36N4O3/c1-17(2)25(18(3)4)15-9-8-12-22-20(26)23-13-14-24-21(27)28-16-19-10-6-5-7-11-19/h5-7,10-11,17-18H,8-9,12-16H2,1-4H3,(H,24,27)(H2,22,23,26). The summed E-state index contributed by atoms with van der Waals surface area (Å²) >= 11 is 0. The lowest BCUT2D eigenvalue weighted by molar-refractivity contribution is 0.139. The van der Waals surface area contributed by atoms with Gasteiger partial charge >= 0.3 is 12.1 Å². The van der Waals surface area contributed by atoms with E-state index in [4.69, 9.17) is 4.74 Å². The average molecular weight is 393 g/mol. The largest absolute Gasteiger partial charge is 0.445 e. The molecule has 0 atom stereocenters. The van der Waals surface area contributed by atoms with Crippen LogP contribution in [-0.4, -0.2) is 55.3 Å². The van der Waals surface area contributed by atoms with E-state index in [0.717, 1.165) is 24.9 Å². The summed E-state index contributed by atoms with van der Waals surface area (Å²) < 4.78 is 5.10. The second-order valence-electron chi connectivity index (χ2n) is 7.30. The minimum absolute atomic E-state index is 0.218. The molecule has 0 aliphatic heterocycles. The smallest absolute Gasteiger partial charge is 0.407 e. The minimum atomic E-state index is -0.495. The Labute approximate surface area is 169 Å². The number of unbranched alkanes of at least 4 members (excludes halogenated alkanes) is 1. The number of hydrogen-bond acceptors (Lipinski definition) is 4. The van der Waals surface area contributed by atoms with Crippen molar-refractivity contribution in [3.8, 4) is 0 Å². The topological polar surface area (TPSA) is 82.7 Å². The summed E-state index contributed by atoms with van der Waals surface area (Å²) in [5.74, 6) is 0. The summed E-state index contributed by atoms with van der Waals surface area (Å²) in [5, 5.41) is 8.16. The van der Waals surface area contributed by atoms with Gasteiger partial charge in [-0.05, 0) is 52.6 Å². The van der Waals surface area contributed by atoms with Crippen molar-refractivity contribution in [1.29, 1.82) is 0 Å². The summed E-state index contributed by atoms with van der Waals surface area (Å²) in [4.78, 5) is 25.8. The fourth-order valence-electron chi connectivity index (χ4n) is 2.91. The molecule has 0 aromatic heterocycles. The van der Waals surface area contributed by atoms with Crippen LogP contribution in [0, 0.1) is 0 Å². The number of alkyl carbamates (subject to hydrolysis) is 1. The minimum Gasteiger partial charge on any atom is -0.445 e. The Morgan fingerprint density at radius 3 is 2.14 bits per heavy atom. The Morgan fingerprint density at radius 2 is 1.50 bits per heavy atom. The average Bonchev–Trinajstić information content (AvgIpc) is 2.66. The molecule has 0 unspecified atom stereocenters. The van der Waals surface area contributed by atoms with Crippen molar-refractivity contribution in [2.75, 3.05) is 26.2 Å². The van der Waals surface area contributed by atoms with Crippen LogP contribution in [0.2, 0.25) is 0 Å². The molecule has 0 spiro atoms. The third-order valence-corrected chi connectivity index (χ3v) is 4.35. The third-order valence-electron chi connectivity index (χ3n) is 4.35. The summed E-state index contributed by atoms with van der Waals surface area (Å²) in [5.41, 5.74) is 0.931. The van der Waals surface area contributed by atoms with E-state index >= 15 is 0 Å². The van der Waals surface area contributed by atoms with Gasteiger partial charge in [0, 0.05) is 31.7 Å². The Bertz CT molecular complexity index is 556. The molecule has 0 aliphatic carbocycles. The van der Waals surface area contributed by atoms with Gasteiger partial charge in [-0.25, -0.2) is 9.59 Å². The van der Waals surface area contributed by atoms with Gasteiger partial charge in [-0.15, -0.1) is 0 Å². The van der Waals surface area contributed by atoms with Gasteiger partial charge in [0.15, 0.2) is 0 Å². The Kier molecular flexibility index (Phi) is 11.7. The maximum atomic E-state index is 11.7. The van der Waals surface area contributed by atoms with Gasteiger partial charge in [0.05, 0.1) is 0 Å². The first-order valence-corrected chi connectivity index (χ1v) is 10.1. The molecular weight excluding hydrogens is 356 g/mol. The predicted octanol–water partition coefficient (Wildman–Crippen LogP) is 3.11. The molecule has 28 heavy (non-hydrogen) atoms. The highest BCUT2D eigenvalue weighted by molar-refractivity contribution is 5.73. The first kappa shape index (κ1) is 23.8. The number of nitrogens with zero attached hydrogens (tertiary/aromatic N) is 1. The maximum Gasteiger partial charge on any atom is 0.407 e. The molecule has 3 N–H and O–H groups in total. The molecule has 1 aromatic rings. The van der Waals surface area contributed by atoms with Crippen molar-refractivity contribution in [3.63, 3.8) is 0 Å². The lowest BCUT2D eigenvalue weighted by Crippen LogP contribution is -2.41. The van der Waals surface area contributed by atoms with Gasteiger partial charge < -0.3 is 20.7 Å². The fraction of sp³-hybridized carbons (Fsp3) is 0.619. The second-order valence-corrected chi connectivity index (χ2v) is 7.30. The molecule has 158 valence electrons. The van der Waals surface area contributed by atoms with Crippen LogP contribution in [-0.2, 0) is 11.3 Å². The number of hydrogen-bond donors (Lipinski definition) is 3. The van der Waals surface area contributed by atoms with Crippen LogP contribution in [0.1, 0.15) is 46.1 Å². The van der Waals surface area contributed by atoms with E-state index in [1.54, 1.807) is 0 Å². The maximum absolute atomic E-state index is 11.7. The van der Waals surface area contributed by atoms with Crippen LogP contribution in [0.5, 0.6) is 0 Å². The molecule has 0 saturated heterocycles. The summed E-state index contributed by atoms with van der Waals surface area (Å²) in [6.07, 6.45) is 1.49. The third kappa shape index (κ3) is 10.8. The first-order valence-electron chi connectivity index (χ1n) is 10.1. The monoisotopic (exact) mass is 392 g/mol. The number of benzene rings is 1. The molecule has 0 radical (unpaired) electrons. The summed E-state index contributed by atoms with van der Waals surface area (Å²) in [6.45, 7) is 11.4. The zero-order chi connectivity index (χ0) is 20.8. The first-order chi connectivity index (χ1) is 13.4. The van der Waals surface area contributed by atoms with Crippen LogP contribution >= 0.6 is 0 Å². The van der Waals surface area contributed by atoms with Gasteiger partial charge in [0.25, 0.3) is 0 Å². The van der Waals surface area contributed by atoms with Crippen LogP contribution in [0.25, 0.3) is 0 Å². The van der Waals surface area contributed by atoms with E-state index in [9.17, 15) is 9.59 Å². The van der Waals surface area contributed by atoms with Crippen LogP contribution in [0.15, 0.2) is 30.3 Å². The molecular formula is C21H36N4O3. The van der Waals surface area contributed by atoms with Crippen molar-refractivity contribution in [2.24, 2.45) is 0 Å². The molecule has 7 heteroatoms. The molecule has 0 fully saturated rings. The fourth-order valence-corrected chi connectivity index (χ4v) is 2.91. The number of rotatable bonds is 12. The zero-order valence-corrected chi connectivity index (χ0v) is 17.7. The van der Waals surface area contributed by atoms with Crippen LogP contribution < -0.4 is 16.0 Å². The van der Waals surface area contributed by atoms with Crippen LogP contribution in [0.4, 0.5) is 9.59 Å². The molecule has 0 heterocycles. The summed E-state index contributed by atoms with van der Waals surface area (Å²) in [6, 6.07) is 10.3. The molecule has 7 nitrogen and oxygen atoms in total. The number of urea groups is 1. The van der Waals surface area contributed by atoms with Gasteiger partial charge in [-0.3, -0.25) is 4.90 Å². The molecule has 1 aromatic carbocycles. The lowest BCUT2D eigenvalue weighted by Gasteiger charge is -2.30. The van der Waals surface area contributed by atoms with E-state index in [1.165, 1.54) is 0 Å². The number of carbonyl (C=O) groups excluding carboxylic acids is 2. The van der Waals surface area contributed by atoms with Crippen molar-refractivity contribution >= 4 is 12.1 Å². The highest BCUT2D eigenvalue weighted by Gasteiger charge is 2.12. The Balaban J connectivity index is 2.01. The SMILES string of the molecule is CC(C)N(CCCCNC(=O)NCCNC(=O)OCc1ccccc1)C(C)C. The molecule has 3 amide bonds. The lowest BCUT2D eigenvalue weighted by atomic mass is 10.2. The van der Waals surface area contributed by atoms with Crippen molar-refractivity contribution in [1.82, 2.24) is 20.9 Å². The number of ether oxygens (including phenoxy) is 1. The molecule has 0 bridgehead atoms. The van der Waals surface area contributed by atoms with Gasteiger partial charge in [-0.1, -0.05) is 30.3 Å². The molecule has 1 rings (SSSR count). The highest BCUT2D eigenvalue weighted by Crippen LogP contribution is 2.06. The molecule has 0 saturated carbocycles. The van der Waals surface area contributed by atoms with Crippen LogP contribution in [0.3, 0.4) is 0 Å². The van der Waals surface area contributed by atoms with E-state index < -0.39 is 6.09 Å². The summed E-state index contributed by atoms with van der Waals surface area (Å²) in [7, 11) is 0. The van der Waals surface area contributed by atoms with E-state index in [0.29, 0.717) is 31.7 Å². The van der Waals surface area contributed by atoms with Crippen molar-refractivity contribution in [2.45, 2.75) is 59.2 Å². The van der Waals surface area contributed by atoms with Crippen molar-refractivity contribution < 1.29 is 14.3 Å². The Hall–Kier alpha value is -2.28. The van der Waals surface area contributed by atoms with Crippen molar-refractivity contribution in [3.05, 3.63) is 35.9 Å². The number of nitrogens with one attached hydrogen (secondary N) is 3. The van der Waals surface area contributed by atoms with E-state index in [-0.39, 0.29) is 12.6 Å². The van der Waals surface area contributed by atoms with Gasteiger partial charge in [-0.2, -0.15) is 0 Å². The van der Waals surface area contributed by atoms with E-state index in [1.807, 2.05) is 30.3 Å². The second kappa shape index (κ2) is 13.8. The zero-order valence-electron chi connectivity index (χ0n) is 17.7. The predicted molar refractivity (Wildman–Crippen MR) is 112 cm³/mol. The van der Waals surface area contributed by atoms with E-state index in [2.05, 4.69) is 48.5 Å². The normalized spacial score (nSPS) is 11.0. The molecule has 0 aliphatic rings. The van der Waals surface area contributed by atoms with Gasteiger partial charge in [0.1, 0.15) is 6.61 Å². The Morgan fingerprint density at radius 1 is 0.893 bits per heavy atom. The number of carbonyl (C=O) groups is 2. The number of amides is 3.